The number of thioether (sulfide) groups is 1. The standard InChI is InChI=1S/C56H75N3O4S/c1-12-62-52-26-20-42(32-58-52)41-18-16-40(17-19-41)33-59-50-25-22-44(63-34-43-21-13-39(8)31-57-43)29-47(50)53(64-55(9,10)11)51(59)30-56(54(60)61,48-27-37(6)14-23-45(48)35(2)3)49-28-38(7)15-24-46(49)36(4)5/h13,16-22,25-26,29,31-32,35-38,45-46,48-49H,12,14-15,23-24,27-28,30,33-34H2,1-11H3,(H,60,61). The maximum Gasteiger partial charge on any atom is 0.310 e. The van der Waals surface area contributed by atoms with Gasteiger partial charge in [0.2, 0.25) is 5.88 Å². The third kappa shape index (κ3) is 10.5. The number of aliphatic carboxylic acids is 1. The average Bonchev–Trinajstić information content (AvgIpc) is 3.51. The van der Waals surface area contributed by atoms with E-state index >= 15 is 4.79 Å². The van der Waals surface area contributed by atoms with Crippen molar-refractivity contribution < 1.29 is 19.4 Å². The van der Waals surface area contributed by atoms with Crippen LogP contribution in [0.2, 0.25) is 0 Å². The largest absolute Gasteiger partial charge is 0.487 e. The van der Waals surface area contributed by atoms with Gasteiger partial charge in [0.15, 0.2) is 0 Å². The van der Waals surface area contributed by atoms with Gasteiger partial charge in [-0.2, -0.15) is 0 Å². The van der Waals surface area contributed by atoms with E-state index in [-0.39, 0.29) is 16.6 Å². The van der Waals surface area contributed by atoms with Crippen molar-refractivity contribution in [1.29, 1.82) is 0 Å². The summed E-state index contributed by atoms with van der Waals surface area (Å²) in [7, 11) is 0. The molecular formula is C56H75N3O4S. The van der Waals surface area contributed by atoms with Crippen molar-refractivity contribution >= 4 is 28.6 Å². The summed E-state index contributed by atoms with van der Waals surface area (Å²) in [4.78, 5) is 25.5. The Labute approximate surface area is 388 Å². The van der Waals surface area contributed by atoms with Crippen LogP contribution in [0.15, 0.2) is 84.0 Å². The maximum absolute atomic E-state index is 15.1. The second-order valence-electron chi connectivity index (χ2n) is 21.3. The summed E-state index contributed by atoms with van der Waals surface area (Å²) >= 11 is 1.88. The van der Waals surface area contributed by atoms with Gasteiger partial charge in [-0.3, -0.25) is 9.78 Å². The Balaban J connectivity index is 1.43. The van der Waals surface area contributed by atoms with Crippen LogP contribution in [0.25, 0.3) is 22.0 Å². The molecule has 0 spiro atoms. The second kappa shape index (κ2) is 20.1. The number of carboxylic acid groups (broad SMARTS) is 1. The minimum absolute atomic E-state index is 0.0622. The van der Waals surface area contributed by atoms with Crippen LogP contribution in [0.4, 0.5) is 0 Å². The average molecular weight is 886 g/mol. The SMILES string of the molecule is CCOc1ccc(-c2ccc(Cn3c(CC(C(=O)O)(C4CC(C)CCC4C(C)C)C4CC(C)CCC4C(C)C)c(SC(C)(C)C)c4cc(OCc5ccc(C)cn5)ccc43)cc2)cn1. The van der Waals surface area contributed by atoms with E-state index in [1.807, 2.05) is 50.1 Å². The van der Waals surface area contributed by atoms with Crippen molar-refractivity contribution in [3.63, 3.8) is 0 Å². The van der Waals surface area contributed by atoms with Crippen LogP contribution in [0.1, 0.15) is 130 Å². The summed E-state index contributed by atoms with van der Waals surface area (Å²) in [6.45, 7) is 26.6. The van der Waals surface area contributed by atoms with Crippen molar-refractivity contribution in [2.24, 2.45) is 52.8 Å². The number of hydrogen-bond donors (Lipinski definition) is 1. The Morgan fingerprint density at radius 2 is 1.45 bits per heavy atom. The zero-order valence-electron chi connectivity index (χ0n) is 40.6. The normalized spacial score (nSPS) is 22.8. The van der Waals surface area contributed by atoms with E-state index in [2.05, 4.69) is 131 Å². The van der Waals surface area contributed by atoms with Crippen LogP contribution in [0.3, 0.4) is 0 Å². The highest BCUT2D eigenvalue weighted by atomic mass is 32.2. The van der Waals surface area contributed by atoms with E-state index in [0.717, 1.165) is 76.0 Å². The molecule has 0 aliphatic heterocycles. The van der Waals surface area contributed by atoms with Gasteiger partial charge < -0.3 is 19.1 Å². The minimum Gasteiger partial charge on any atom is -0.487 e. The van der Waals surface area contributed by atoms with Gasteiger partial charge in [-0.25, -0.2) is 4.98 Å². The van der Waals surface area contributed by atoms with Crippen LogP contribution in [-0.2, 0) is 24.4 Å². The molecule has 0 amide bonds. The molecule has 2 saturated carbocycles. The molecule has 8 heteroatoms. The predicted octanol–water partition coefficient (Wildman–Crippen LogP) is 14.4. The summed E-state index contributed by atoms with van der Waals surface area (Å²) < 4.78 is 14.5. The van der Waals surface area contributed by atoms with Gasteiger partial charge >= 0.3 is 5.97 Å². The van der Waals surface area contributed by atoms with Crippen LogP contribution in [0.5, 0.6) is 11.6 Å². The number of carboxylic acids is 1. The monoisotopic (exact) mass is 886 g/mol. The molecule has 6 atom stereocenters. The molecule has 2 aliphatic rings. The van der Waals surface area contributed by atoms with Gasteiger partial charge in [0.1, 0.15) is 12.4 Å². The predicted molar refractivity (Wildman–Crippen MR) is 264 cm³/mol. The van der Waals surface area contributed by atoms with E-state index < -0.39 is 11.4 Å². The molecule has 5 aromatic rings. The number of aryl methyl sites for hydroxylation is 1. The quantitative estimate of drug-likeness (QED) is 0.0988. The van der Waals surface area contributed by atoms with E-state index in [1.165, 1.54) is 17.7 Å². The summed E-state index contributed by atoms with van der Waals surface area (Å²) in [6, 6.07) is 23.4. The zero-order valence-corrected chi connectivity index (χ0v) is 41.4. The number of nitrogens with zero attached hydrogens (tertiary/aromatic N) is 3. The number of fused-ring (bicyclic) bond motifs is 1. The Bertz CT molecular complexity index is 2290. The van der Waals surface area contributed by atoms with Gasteiger partial charge in [0.05, 0.1) is 17.7 Å². The Morgan fingerprint density at radius 3 is 1.98 bits per heavy atom. The van der Waals surface area contributed by atoms with Crippen LogP contribution < -0.4 is 9.47 Å². The highest BCUT2D eigenvalue weighted by Gasteiger charge is 2.59. The third-order valence-corrected chi connectivity index (χ3v) is 16.0. The van der Waals surface area contributed by atoms with E-state index in [0.29, 0.717) is 67.6 Å². The molecule has 7 nitrogen and oxygen atoms in total. The molecule has 7 rings (SSSR count). The molecule has 3 aromatic heterocycles. The fourth-order valence-corrected chi connectivity index (χ4v) is 12.7. The highest BCUT2D eigenvalue weighted by molar-refractivity contribution is 8.00. The molecule has 0 bridgehead atoms. The fourth-order valence-electron chi connectivity index (χ4n) is 11.5. The minimum atomic E-state index is -0.951. The molecule has 2 fully saturated rings. The lowest BCUT2D eigenvalue weighted by Gasteiger charge is -2.55. The maximum atomic E-state index is 15.1. The highest BCUT2D eigenvalue weighted by Crippen LogP contribution is 2.59. The molecule has 2 aliphatic carbocycles. The Morgan fingerprint density at radius 1 is 0.812 bits per heavy atom. The van der Waals surface area contributed by atoms with Crippen molar-refractivity contribution in [1.82, 2.24) is 14.5 Å². The molecule has 1 N–H and O–H groups in total. The number of hydrogen-bond acceptors (Lipinski definition) is 6. The van der Waals surface area contributed by atoms with Gasteiger partial charge in [0.25, 0.3) is 0 Å². The second-order valence-corrected chi connectivity index (χ2v) is 23.1. The number of benzene rings is 2. The summed E-state index contributed by atoms with van der Waals surface area (Å²) in [6.07, 6.45) is 10.7. The van der Waals surface area contributed by atoms with E-state index in [4.69, 9.17) is 9.47 Å². The molecule has 2 aromatic carbocycles. The number of ether oxygens (including phenoxy) is 2. The summed E-state index contributed by atoms with van der Waals surface area (Å²) in [5.74, 6) is 3.40. The lowest BCUT2D eigenvalue weighted by Crippen LogP contribution is -2.55. The molecule has 0 saturated heterocycles. The lowest BCUT2D eigenvalue weighted by atomic mass is 9.48. The van der Waals surface area contributed by atoms with Gasteiger partial charge in [0, 0.05) is 63.2 Å². The summed E-state index contributed by atoms with van der Waals surface area (Å²) in [5, 5.41) is 13.5. The van der Waals surface area contributed by atoms with Crippen molar-refractivity contribution in [2.75, 3.05) is 6.61 Å². The zero-order chi connectivity index (χ0) is 45.9. The molecule has 3 heterocycles. The van der Waals surface area contributed by atoms with Crippen LogP contribution in [-0.4, -0.2) is 37.0 Å². The first kappa shape index (κ1) is 47.7. The van der Waals surface area contributed by atoms with E-state index in [9.17, 15) is 5.11 Å². The fraction of sp³-hybridized carbons (Fsp3) is 0.554. The van der Waals surface area contributed by atoms with Gasteiger partial charge in [-0.15, -0.1) is 11.8 Å². The number of carbonyl (C=O) groups is 1. The van der Waals surface area contributed by atoms with Crippen LogP contribution in [0, 0.1) is 59.7 Å². The first-order valence-corrected chi connectivity index (χ1v) is 25.1. The first-order chi connectivity index (χ1) is 30.5. The van der Waals surface area contributed by atoms with E-state index in [1.54, 1.807) is 0 Å². The van der Waals surface area contributed by atoms with Gasteiger partial charge in [-0.1, -0.05) is 105 Å². The topological polar surface area (TPSA) is 86.5 Å². The molecule has 64 heavy (non-hydrogen) atoms. The molecule has 6 unspecified atom stereocenters. The Kier molecular flexibility index (Phi) is 14.9. The molecule has 0 radical (unpaired) electrons. The lowest BCUT2D eigenvalue weighted by molar-refractivity contribution is -0.170. The number of aromatic nitrogens is 3. The smallest absolute Gasteiger partial charge is 0.310 e. The third-order valence-electron chi connectivity index (χ3n) is 14.7. The molecular weight excluding hydrogens is 811 g/mol. The summed E-state index contributed by atoms with van der Waals surface area (Å²) in [5.41, 5.74) is 6.60. The van der Waals surface area contributed by atoms with Crippen molar-refractivity contribution in [3.8, 4) is 22.8 Å². The number of pyridine rings is 2. The molecule has 344 valence electrons. The van der Waals surface area contributed by atoms with Gasteiger partial charge in [-0.05, 0) is 134 Å². The Hall–Kier alpha value is -4.30. The first-order valence-electron chi connectivity index (χ1n) is 24.3. The van der Waals surface area contributed by atoms with Crippen LogP contribution >= 0.6 is 11.8 Å². The van der Waals surface area contributed by atoms with Crippen molar-refractivity contribution in [3.05, 3.63) is 102 Å². The number of rotatable bonds is 16. The van der Waals surface area contributed by atoms with Crippen molar-refractivity contribution in [2.45, 2.75) is 144 Å².